The van der Waals surface area contributed by atoms with Crippen molar-refractivity contribution in [3.8, 4) is 50.2 Å². The zero-order valence-electron chi connectivity index (χ0n) is 25.7. The minimum absolute atomic E-state index is 0.987. The SMILES string of the molecule is CCc1ccc(-c2cccc(-c3ccc4c(c3)c3ccccc3n4-c3ccc4c(c3)-c3ccccc3C4)c2)cc1-c1cc#ccc1. The van der Waals surface area contributed by atoms with Gasteiger partial charge in [-0.2, -0.15) is 0 Å². The minimum atomic E-state index is 0.987. The predicted molar refractivity (Wildman–Crippen MR) is 192 cm³/mol. The van der Waals surface area contributed by atoms with Crippen molar-refractivity contribution in [3.05, 3.63) is 174 Å². The lowest BCUT2D eigenvalue weighted by molar-refractivity contribution is 1.14. The van der Waals surface area contributed by atoms with Crippen LogP contribution in [-0.2, 0) is 12.8 Å². The van der Waals surface area contributed by atoms with Crippen molar-refractivity contribution in [2.24, 2.45) is 0 Å². The highest BCUT2D eigenvalue weighted by Gasteiger charge is 2.20. The molecule has 0 unspecified atom stereocenters. The van der Waals surface area contributed by atoms with Gasteiger partial charge in [-0.3, -0.25) is 0 Å². The largest absolute Gasteiger partial charge is 0.309 e. The highest BCUT2D eigenvalue weighted by atomic mass is 15.0. The van der Waals surface area contributed by atoms with Gasteiger partial charge in [0.05, 0.1) is 11.0 Å². The molecular weight excluding hydrogens is 555 g/mol. The summed E-state index contributed by atoms with van der Waals surface area (Å²) in [7, 11) is 0. The molecule has 0 amide bonds. The van der Waals surface area contributed by atoms with Crippen molar-refractivity contribution in [3.63, 3.8) is 0 Å². The summed E-state index contributed by atoms with van der Waals surface area (Å²) >= 11 is 0. The van der Waals surface area contributed by atoms with Crippen LogP contribution in [0.2, 0.25) is 0 Å². The van der Waals surface area contributed by atoms with Crippen LogP contribution in [0, 0.1) is 12.1 Å². The van der Waals surface area contributed by atoms with Crippen molar-refractivity contribution in [2.45, 2.75) is 19.8 Å². The maximum atomic E-state index is 3.13. The third-order valence-corrected chi connectivity index (χ3v) is 9.70. The quantitative estimate of drug-likeness (QED) is 0.189. The Hall–Kier alpha value is -5.84. The Balaban J connectivity index is 1.15. The van der Waals surface area contributed by atoms with E-state index in [0.29, 0.717) is 0 Å². The maximum absolute atomic E-state index is 3.13. The molecule has 0 saturated carbocycles. The molecule has 0 saturated heterocycles. The number of fused-ring (bicyclic) bond motifs is 6. The van der Waals surface area contributed by atoms with Gasteiger partial charge >= 0.3 is 0 Å². The summed E-state index contributed by atoms with van der Waals surface area (Å²) in [6, 6.07) is 59.6. The molecule has 1 nitrogen and oxygen atoms in total. The third kappa shape index (κ3) is 4.26. The van der Waals surface area contributed by atoms with Gasteiger partial charge in [0.1, 0.15) is 0 Å². The van der Waals surface area contributed by atoms with E-state index in [-0.39, 0.29) is 0 Å². The van der Waals surface area contributed by atoms with Crippen molar-refractivity contribution in [2.75, 3.05) is 0 Å². The van der Waals surface area contributed by atoms with Crippen molar-refractivity contribution in [1.82, 2.24) is 4.57 Å². The van der Waals surface area contributed by atoms with Gasteiger partial charge in [-0.15, -0.1) is 0 Å². The second-order valence-electron chi connectivity index (χ2n) is 12.3. The molecule has 0 aliphatic heterocycles. The maximum Gasteiger partial charge on any atom is 0.0541 e. The van der Waals surface area contributed by atoms with Gasteiger partial charge in [0.25, 0.3) is 0 Å². The fourth-order valence-electron chi connectivity index (χ4n) is 7.41. The number of aryl methyl sites for hydroxylation is 1. The molecule has 1 aliphatic carbocycles. The van der Waals surface area contributed by atoms with Gasteiger partial charge in [-0.05, 0) is 135 Å². The number of hydrogen-bond acceptors (Lipinski definition) is 0. The molecule has 0 radical (unpaired) electrons. The standard InChI is InChI=1S/C45H31N/c1-2-30-19-20-34(27-41(30)31-11-4-3-5-12-31)32-14-10-15-33(25-32)35-22-24-45-43(28-35)40-17-8-9-18-44(40)46(45)38-23-21-37-26-36-13-6-7-16-39(36)42(37)29-38/h4,6-25,27-29H,2,26H2,1H3. The summed E-state index contributed by atoms with van der Waals surface area (Å²) < 4.78 is 2.43. The molecule has 0 atom stereocenters. The van der Waals surface area contributed by atoms with Gasteiger partial charge in [0.2, 0.25) is 0 Å². The first-order chi connectivity index (χ1) is 22.7. The Labute approximate surface area is 270 Å². The fraction of sp³-hybridized carbons (Fsp3) is 0.0667. The normalized spacial score (nSPS) is 11.8. The van der Waals surface area contributed by atoms with Crippen molar-refractivity contribution in [1.29, 1.82) is 0 Å². The molecule has 216 valence electrons. The zero-order valence-corrected chi connectivity index (χ0v) is 25.7. The Kier molecular flexibility index (Phi) is 6.15. The summed E-state index contributed by atoms with van der Waals surface area (Å²) in [4.78, 5) is 0. The lowest BCUT2D eigenvalue weighted by Crippen LogP contribution is -1.95. The fourth-order valence-corrected chi connectivity index (χ4v) is 7.41. The van der Waals surface area contributed by atoms with Crippen molar-refractivity contribution < 1.29 is 0 Å². The molecule has 0 bridgehead atoms. The molecule has 1 aliphatic rings. The second kappa shape index (κ2) is 10.7. The Bertz CT molecular complexity index is 2430. The first kappa shape index (κ1) is 26.6. The number of rotatable bonds is 5. The van der Waals surface area contributed by atoms with E-state index in [9.17, 15) is 0 Å². The number of aromatic nitrogens is 1. The monoisotopic (exact) mass is 585 g/mol. The summed E-state index contributed by atoms with van der Waals surface area (Å²) in [6.07, 6.45) is 2.00. The zero-order chi connectivity index (χ0) is 30.6. The van der Waals surface area contributed by atoms with E-state index in [4.69, 9.17) is 0 Å². The molecule has 0 fully saturated rings. The van der Waals surface area contributed by atoms with E-state index in [0.717, 1.165) is 12.8 Å². The summed E-state index contributed by atoms with van der Waals surface area (Å²) in [5, 5.41) is 2.54. The first-order valence-electron chi connectivity index (χ1n) is 16.1. The topological polar surface area (TPSA) is 4.93 Å². The highest BCUT2D eigenvalue weighted by Crippen LogP contribution is 2.40. The van der Waals surface area contributed by atoms with Crippen LogP contribution in [0.1, 0.15) is 23.6 Å². The molecular formula is C45H31N. The van der Waals surface area contributed by atoms with E-state index in [1.54, 1.807) is 0 Å². The van der Waals surface area contributed by atoms with E-state index in [2.05, 4.69) is 157 Å². The summed E-state index contributed by atoms with van der Waals surface area (Å²) in [5.41, 5.74) is 17.9. The number of benzene rings is 6. The van der Waals surface area contributed by atoms with E-state index >= 15 is 0 Å². The molecule has 1 heteroatoms. The Morgan fingerprint density at radius 2 is 1.28 bits per heavy atom. The second-order valence-corrected chi connectivity index (χ2v) is 12.3. The van der Waals surface area contributed by atoms with E-state index in [1.807, 2.05) is 12.1 Å². The molecule has 0 spiro atoms. The lowest BCUT2D eigenvalue weighted by Gasteiger charge is -2.12. The number of hydrogen-bond donors (Lipinski definition) is 0. The van der Waals surface area contributed by atoms with Crippen LogP contribution < -0.4 is 0 Å². The minimum Gasteiger partial charge on any atom is -0.309 e. The van der Waals surface area contributed by atoms with Gasteiger partial charge in [0, 0.05) is 16.5 Å². The number of nitrogens with zero attached hydrogens (tertiary/aromatic N) is 1. The van der Waals surface area contributed by atoms with Gasteiger partial charge in [-0.1, -0.05) is 104 Å². The smallest absolute Gasteiger partial charge is 0.0541 e. The number of para-hydroxylation sites is 1. The molecule has 46 heavy (non-hydrogen) atoms. The van der Waals surface area contributed by atoms with Crippen LogP contribution in [0.15, 0.2) is 146 Å². The van der Waals surface area contributed by atoms with Crippen LogP contribution in [0.3, 0.4) is 0 Å². The van der Waals surface area contributed by atoms with Gasteiger partial charge < -0.3 is 4.57 Å². The van der Waals surface area contributed by atoms with Crippen LogP contribution >= 0.6 is 0 Å². The molecule has 7 aromatic carbocycles. The molecule has 1 heterocycles. The average molecular weight is 586 g/mol. The molecule has 0 N–H and O–H groups in total. The average Bonchev–Trinajstić information content (AvgIpc) is 3.67. The molecule has 1 aromatic heterocycles. The van der Waals surface area contributed by atoms with Gasteiger partial charge in [0.15, 0.2) is 0 Å². The highest BCUT2D eigenvalue weighted by molar-refractivity contribution is 6.10. The van der Waals surface area contributed by atoms with Crippen molar-refractivity contribution >= 4 is 21.8 Å². The summed E-state index contributed by atoms with van der Waals surface area (Å²) in [6.45, 7) is 2.22. The van der Waals surface area contributed by atoms with Crippen LogP contribution in [0.5, 0.6) is 0 Å². The Morgan fingerprint density at radius 3 is 2.15 bits per heavy atom. The Morgan fingerprint density at radius 1 is 0.522 bits per heavy atom. The molecule has 8 aromatic rings. The first-order valence-corrected chi connectivity index (χ1v) is 16.1. The third-order valence-electron chi connectivity index (χ3n) is 9.70. The van der Waals surface area contributed by atoms with Crippen LogP contribution in [-0.4, -0.2) is 4.57 Å². The molecule has 9 rings (SSSR count). The van der Waals surface area contributed by atoms with E-state index < -0.39 is 0 Å². The van der Waals surface area contributed by atoms with E-state index in [1.165, 1.54) is 88.7 Å². The predicted octanol–water partition coefficient (Wildman–Crippen LogP) is 11.5. The summed E-state index contributed by atoms with van der Waals surface area (Å²) in [5.74, 6) is 0. The van der Waals surface area contributed by atoms with Crippen LogP contribution in [0.4, 0.5) is 0 Å². The van der Waals surface area contributed by atoms with Gasteiger partial charge in [-0.25, -0.2) is 0 Å². The lowest BCUT2D eigenvalue weighted by atomic mass is 9.92. The van der Waals surface area contributed by atoms with Crippen LogP contribution in [0.25, 0.3) is 72.0 Å².